The van der Waals surface area contributed by atoms with Crippen molar-refractivity contribution in [2.45, 2.75) is 6.61 Å². The van der Waals surface area contributed by atoms with Crippen LogP contribution in [0.3, 0.4) is 0 Å². The molecule has 0 aromatic heterocycles. The second-order valence-electron chi connectivity index (χ2n) is 5.52. The van der Waals surface area contributed by atoms with Gasteiger partial charge in [-0.15, -0.1) is 0 Å². The summed E-state index contributed by atoms with van der Waals surface area (Å²) in [5.41, 5.74) is 1.49. The van der Waals surface area contributed by atoms with E-state index in [0.717, 1.165) is 5.56 Å². The molecule has 0 saturated carbocycles. The van der Waals surface area contributed by atoms with Crippen molar-refractivity contribution in [1.82, 2.24) is 10.6 Å². The standard InChI is InChI=1S/C18H11BrCl2N2O3S/c19-12-6-9(5-11-16(24)22-18(27)23-17(11)25)2-4-15(12)26-8-10-1-3-13(20)14(21)7-10/h1-7H,8H2,(H2,22,23,24,25,27). The summed E-state index contributed by atoms with van der Waals surface area (Å²) in [6.45, 7) is 0.304. The minimum Gasteiger partial charge on any atom is -0.488 e. The van der Waals surface area contributed by atoms with Crippen molar-refractivity contribution >= 4 is 74.4 Å². The molecule has 5 nitrogen and oxygen atoms in total. The molecule has 9 heteroatoms. The minimum absolute atomic E-state index is 0.00520. The topological polar surface area (TPSA) is 67.4 Å². The molecule has 1 aliphatic heterocycles. The highest BCUT2D eigenvalue weighted by molar-refractivity contribution is 9.10. The van der Waals surface area contributed by atoms with Crippen molar-refractivity contribution < 1.29 is 14.3 Å². The molecule has 2 N–H and O–H groups in total. The molecule has 0 atom stereocenters. The lowest BCUT2D eigenvalue weighted by atomic mass is 10.1. The van der Waals surface area contributed by atoms with Crippen LogP contribution in [-0.2, 0) is 16.2 Å². The predicted molar refractivity (Wildman–Crippen MR) is 112 cm³/mol. The molecule has 0 bridgehead atoms. The van der Waals surface area contributed by atoms with Crippen LogP contribution in [0.5, 0.6) is 5.75 Å². The van der Waals surface area contributed by atoms with Crippen molar-refractivity contribution in [2.24, 2.45) is 0 Å². The van der Waals surface area contributed by atoms with Gasteiger partial charge in [-0.05, 0) is 69.6 Å². The Morgan fingerprint density at radius 3 is 2.37 bits per heavy atom. The summed E-state index contributed by atoms with van der Waals surface area (Å²) in [5, 5.41) is 5.71. The zero-order valence-electron chi connectivity index (χ0n) is 13.5. The van der Waals surface area contributed by atoms with Gasteiger partial charge in [-0.3, -0.25) is 20.2 Å². The van der Waals surface area contributed by atoms with Gasteiger partial charge in [0.15, 0.2) is 5.11 Å². The third-order valence-electron chi connectivity index (χ3n) is 3.59. The van der Waals surface area contributed by atoms with Gasteiger partial charge < -0.3 is 4.74 Å². The molecule has 1 heterocycles. The first-order valence-electron chi connectivity index (χ1n) is 7.58. The summed E-state index contributed by atoms with van der Waals surface area (Å²) >= 11 is 20.1. The van der Waals surface area contributed by atoms with E-state index in [1.54, 1.807) is 30.3 Å². The van der Waals surface area contributed by atoms with Gasteiger partial charge in [-0.25, -0.2) is 0 Å². The molecule has 1 aliphatic rings. The molecule has 0 radical (unpaired) electrons. The average molecular weight is 486 g/mol. The minimum atomic E-state index is -0.542. The van der Waals surface area contributed by atoms with E-state index in [0.29, 0.717) is 32.4 Å². The van der Waals surface area contributed by atoms with Gasteiger partial charge in [0.25, 0.3) is 11.8 Å². The molecule has 2 amide bonds. The van der Waals surface area contributed by atoms with Gasteiger partial charge in [0.2, 0.25) is 0 Å². The Hall–Kier alpha value is -1.93. The largest absolute Gasteiger partial charge is 0.488 e. The van der Waals surface area contributed by atoms with Gasteiger partial charge in [-0.1, -0.05) is 35.3 Å². The van der Waals surface area contributed by atoms with Gasteiger partial charge in [0.1, 0.15) is 17.9 Å². The highest BCUT2D eigenvalue weighted by Crippen LogP contribution is 2.29. The maximum Gasteiger partial charge on any atom is 0.263 e. The number of amides is 2. The normalized spacial score (nSPS) is 13.9. The number of carbonyl (C=O) groups excluding carboxylic acids is 2. The number of thiocarbonyl (C=S) groups is 1. The molecule has 1 fully saturated rings. The van der Waals surface area contributed by atoms with Gasteiger partial charge in [0.05, 0.1) is 14.5 Å². The summed E-state index contributed by atoms with van der Waals surface area (Å²) in [6.07, 6.45) is 1.47. The summed E-state index contributed by atoms with van der Waals surface area (Å²) in [6, 6.07) is 10.5. The molecule has 1 saturated heterocycles. The molecule has 138 valence electrons. The Balaban J connectivity index is 1.74. The van der Waals surface area contributed by atoms with Crippen molar-refractivity contribution in [2.75, 3.05) is 0 Å². The zero-order chi connectivity index (χ0) is 19.6. The quantitative estimate of drug-likeness (QED) is 0.386. The number of ether oxygens (including phenoxy) is 1. The van der Waals surface area contributed by atoms with E-state index in [2.05, 4.69) is 26.6 Å². The number of hydrogen-bond acceptors (Lipinski definition) is 4. The molecule has 3 rings (SSSR count). The van der Waals surface area contributed by atoms with Crippen molar-refractivity contribution in [1.29, 1.82) is 0 Å². The SMILES string of the molecule is O=C1NC(=S)NC(=O)C1=Cc1ccc(OCc2ccc(Cl)c(Cl)c2)c(Br)c1. The highest BCUT2D eigenvalue weighted by atomic mass is 79.9. The Bertz CT molecular complexity index is 973. The van der Waals surface area contributed by atoms with Crippen LogP contribution in [0.1, 0.15) is 11.1 Å². The van der Waals surface area contributed by atoms with Crippen LogP contribution >= 0.6 is 51.3 Å². The number of carbonyl (C=O) groups is 2. The summed E-state index contributed by atoms with van der Waals surface area (Å²) in [5.74, 6) is -0.485. The second kappa shape index (κ2) is 8.39. The predicted octanol–water partition coefficient (Wildman–Crippen LogP) is 4.25. The lowest BCUT2D eigenvalue weighted by molar-refractivity contribution is -0.123. The van der Waals surface area contributed by atoms with Crippen LogP contribution in [-0.4, -0.2) is 16.9 Å². The first-order chi connectivity index (χ1) is 12.8. The molecule has 0 aliphatic carbocycles. The van der Waals surface area contributed by atoms with Crippen LogP contribution < -0.4 is 15.4 Å². The van der Waals surface area contributed by atoms with Gasteiger partial charge in [-0.2, -0.15) is 0 Å². The Kier molecular flexibility index (Phi) is 6.16. The molecule has 2 aromatic carbocycles. The fourth-order valence-electron chi connectivity index (χ4n) is 2.29. The van der Waals surface area contributed by atoms with Crippen molar-refractivity contribution in [3.05, 3.63) is 67.6 Å². The molecular formula is C18H11BrCl2N2O3S. The van der Waals surface area contributed by atoms with Crippen LogP contribution in [0, 0.1) is 0 Å². The van der Waals surface area contributed by atoms with E-state index < -0.39 is 11.8 Å². The van der Waals surface area contributed by atoms with E-state index in [9.17, 15) is 9.59 Å². The van der Waals surface area contributed by atoms with Crippen LogP contribution in [0.25, 0.3) is 6.08 Å². The number of hydrogen-bond donors (Lipinski definition) is 2. The molecule has 0 unspecified atom stereocenters. The lowest BCUT2D eigenvalue weighted by Crippen LogP contribution is -2.51. The maximum atomic E-state index is 11.9. The first kappa shape index (κ1) is 19.8. The maximum absolute atomic E-state index is 11.9. The Morgan fingerprint density at radius 1 is 1.04 bits per heavy atom. The van der Waals surface area contributed by atoms with E-state index in [-0.39, 0.29) is 10.7 Å². The fourth-order valence-corrected chi connectivity index (χ4v) is 3.30. The molecule has 2 aromatic rings. The number of nitrogens with one attached hydrogen (secondary N) is 2. The van der Waals surface area contributed by atoms with Crippen LogP contribution in [0.2, 0.25) is 10.0 Å². The summed E-state index contributed by atoms with van der Waals surface area (Å²) in [7, 11) is 0. The number of benzene rings is 2. The van der Waals surface area contributed by atoms with E-state index in [1.165, 1.54) is 6.08 Å². The van der Waals surface area contributed by atoms with Gasteiger partial charge >= 0.3 is 0 Å². The smallest absolute Gasteiger partial charge is 0.263 e. The fraction of sp³-hybridized carbons (Fsp3) is 0.0556. The Morgan fingerprint density at radius 2 is 1.74 bits per heavy atom. The van der Waals surface area contributed by atoms with Crippen LogP contribution in [0.15, 0.2) is 46.4 Å². The summed E-state index contributed by atoms with van der Waals surface area (Å²) < 4.78 is 6.44. The first-order valence-corrected chi connectivity index (χ1v) is 9.54. The zero-order valence-corrected chi connectivity index (χ0v) is 17.4. The van der Waals surface area contributed by atoms with Crippen molar-refractivity contribution in [3.63, 3.8) is 0 Å². The monoisotopic (exact) mass is 484 g/mol. The Labute approximate surface area is 178 Å². The van der Waals surface area contributed by atoms with E-state index in [4.69, 9.17) is 40.2 Å². The molecular weight excluding hydrogens is 475 g/mol. The molecule has 0 spiro atoms. The van der Waals surface area contributed by atoms with E-state index in [1.807, 2.05) is 6.07 Å². The lowest BCUT2D eigenvalue weighted by Gasteiger charge is -2.16. The summed E-state index contributed by atoms with van der Waals surface area (Å²) in [4.78, 5) is 23.8. The number of halogens is 3. The third-order valence-corrected chi connectivity index (χ3v) is 5.15. The average Bonchev–Trinajstić information content (AvgIpc) is 2.60. The highest BCUT2D eigenvalue weighted by Gasteiger charge is 2.25. The second-order valence-corrected chi connectivity index (χ2v) is 7.60. The van der Waals surface area contributed by atoms with Crippen molar-refractivity contribution in [3.8, 4) is 5.75 Å². The van der Waals surface area contributed by atoms with E-state index >= 15 is 0 Å². The van der Waals surface area contributed by atoms with Crippen LogP contribution in [0.4, 0.5) is 0 Å². The molecule has 27 heavy (non-hydrogen) atoms. The third kappa shape index (κ3) is 4.87. The van der Waals surface area contributed by atoms with Gasteiger partial charge in [0, 0.05) is 0 Å². The number of rotatable bonds is 4.